The number of nitrogens with zero attached hydrogens (tertiary/aromatic N) is 1. The van der Waals surface area contributed by atoms with E-state index in [0.717, 1.165) is 11.1 Å². The Kier molecular flexibility index (Phi) is 4.99. The maximum atomic E-state index is 14.0. The second-order valence-corrected chi connectivity index (χ2v) is 5.84. The molecule has 0 aliphatic carbocycles. The van der Waals surface area contributed by atoms with Gasteiger partial charge in [-0.3, -0.25) is 0 Å². The smallest absolute Gasteiger partial charge is 0.200 e. The molecule has 0 atom stereocenters. The summed E-state index contributed by atoms with van der Waals surface area (Å²) < 4.78 is 69.5. The maximum Gasteiger partial charge on any atom is 0.200 e. The molecular weight excluding hydrogens is 361 g/mol. The van der Waals surface area contributed by atoms with Gasteiger partial charge in [0.2, 0.25) is 5.82 Å². The second kappa shape index (κ2) is 7.23. The molecule has 0 saturated heterocycles. The van der Waals surface area contributed by atoms with Crippen molar-refractivity contribution in [3.63, 3.8) is 0 Å². The van der Waals surface area contributed by atoms with Gasteiger partial charge >= 0.3 is 0 Å². The molecule has 3 aromatic rings. The van der Waals surface area contributed by atoms with Crippen LogP contribution < -0.4 is 0 Å². The lowest BCUT2D eigenvalue weighted by Crippen LogP contribution is -2.12. The number of hydrogen-bond donors (Lipinski definition) is 0. The topological polar surface area (TPSA) is 4.93 Å². The van der Waals surface area contributed by atoms with Crippen molar-refractivity contribution in [1.82, 2.24) is 4.57 Å². The van der Waals surface area contributed by atoms with E-state index in [-0.39, 0.29) is 0 Å². The standard InChI is InChI=1S/C21H14F5N/c1-3-13-7-4-5-8-14(13)12(2)16-9-6-10-27(16)11-15-17(22)19(24)21(26)20(25)18(15)23/h3-10H,1-2,11H2. The summed E-state index contributed by atoms with van der Waals surface area (Å²) in [5, 5.41) is 0. The fourth-order valence-electron chi connectivity index (χ4n) is 2.87. The molecule has 2 aromatic carbocycles. The van der Waals surface area contributed by atoms with Crippen LogP contribution in [0.25, 0.3) is 11.6 Å². The van der Waals surface area contributed by atoms with Gasteiger partial charge in [0.1, 0.15) is 0 Å². The molecule has 0 fully saturated rings. The maximum absolute atomic E-state index is 14.0. The summed E-state index contributed by atoms with van der Waals surface area (Å²) >= 11 is 0. The SMILES string of the molecule is C=Cc1ccccc1C(=C)c1cccn1Cc1c(F)c(F)c(F)c(F)c1F. The van der Waals surface area contributed by atoms with Crippen molar-refractivity contribution < 1.29 is 22.0 Å². The molecule has 0 amide bonds. The minimum absolute atomic E-state index is 0.480. The predicted octanol–water partition coefficient (Wildman–Crippen LogP) is 5.94. The Balaban J connectivity index is 2.05. The normalized spacial score (nSPS) is 10.9. The summed E-state index contributed by atoms with van der Waals surface area (Å²) in [4.78, 5) is 0. The van der Waals surface area contributed by atoms with Crippen LogP contribution in [-0.2, 0) is 6.54 Å². The van der Waals surface area contributed by atoms with E-state index in [1.165, 1.54) is 10.8 Å². The van der Waals surface area contributed by atoms with Crippen LogP contribution in [0.5, 0.6) is 0 Å². The highest BCUT2D eigenvalue weighted by Crippen LogP contribution is 2.28. The van der Waals surface area contributed by atoms with E-state index in [9.17, 15) is 22.0 Å². The van der Waals surface area contributed by atoms with Gasteiger partial charge in [0, 0.05) is 17.5 Å². The molecule has 0 bridgehead atoms. The largest absolute Gasteiger partial charge is 0.343 e. The van der Waals surface area contributed by atoms with Crippen LogP contribution in [0, 0.1) is 29.1 Å². The average Bonchev–Trinajstić information content (AvgIpc) is 3.15. The molecule has 1 heterocycles. The van der Waals surface area contributed by atoms with Crippen molar-refractivity contribution in [2.24, 2.45) is 0 Å². The van der Waals surface area contributed by atoms with Crippen molar-refractivity contribution in [2.75, 3.05) is 0 Å². The Morgan fingerprint density at radius 2 is 1.44 bits per heavy atom. The van der Waals surface area contributed by atoms with Crippen LogP contribution >= 0.6 is 0 Å². The zero-order valence-electron chi connectivity index (χ0n) is 14.1. The molecule has 0 spiro atoms. The first-order valence-electron chi connectivity index (χ1n) is 7.93. The van der Waals surface area contributed by atoms with Gasteiger partial charge in [-0.25, -0.2) is 22.0 Å². The van der Waals surface area contributed by atoms with Crippen molar-refractivity contribution in [2.45, 2.75) is 6.54 Å². The summed E-state index contributed by atoms with van der Waals surface area (Å²) in [6, 6.07) is 10.5. The Labute approximate surface area is 152 Å². The third-order valence-electron chi connectivity index (χ3n) is 4.27. The highest BCUT2D eigenvalue weighted by atomic mass is 19.2. The molecule has 0 saturated carbocycles. The van der Waals surface area contributed by atoms with Gasteiger partial charge in [0.25, 0.3) is 0 Å². The van der Waals surface area contributed by atoms with Crippen molar-refractivity contribution in [3.05, 3.63) is 107 Å². The lowest BCUT2D eigenvalue weighted by atomic mass is 9.98. The van der Waals surface area contributed by atoms with Crippen LogP contribution in [0.4, 0.5) is 22.0 Å². The van der Waals surface area contributed by atoms with Gasteiger partial charge in [0.05, 0.1) is 6.54 Å². The van der Waals surface area contributed by atoms with Crippen LogP contribution in [0.3, 0.4) is 0 Å². The first-order valence-corrected chi connectivity index (χ1v) is 7.93. The summed E-state index contributed by atoms with van der Waals surface area (Å²) in [6.45, 7) is 7.20. The number of hydrogen-bond acceptors (Lipinski definition) is 0. The molecular formula is C21H14F5N. The number of rotatable bonds is 5. The summed E-state index contributed by atoms with van der Waals surface area (Å²) in [6.07, 6.45) is 3.12. The van der Waals surface area contributed by atoms with Crippen LogP contribution in [-0.4, -0.2) is 4.57 Å². The van der Waals surface area contributed by atoms with Gasteiger partial charge in [-0.2, -0.15) is 0 Å². The summed E-state index contributed by atoms with van der Waals surface area (Å²) in [7, 11) is 0. The Morgan fingerprint density at radius 3 is 2.07 bits per heavy atom. The van der Waals surface area contributed by atoms with Gasteiger partial charge in [-0.1, -0.05) is 43.5 Å². The second-order valence-electron chi connectivity index (χ2n) is 5.84. The number of benzene rings is 2. The first-order chi connectivity index (χ1) is 12.9. The van der Waals surface area contributed by atoms with E-state index < -0.39 is 41.2 Å². The quantitative estimate of drug-likeness (QED) is 0.296. The van der Waals surface area contributed by atoms with Gasteiger partial charge < -0.3 is 4.57 Å². The van der Waals surface area contributed by atoms with Gasteiger partial charge in [-0.05, 0) is 28.8 Å². The first kappa shape index (κ1) is 18.6. The van der Waals surface area contributed by atoms with Gasteiger partial charge in [0.15, 0.2) is 23.3 Å². The average molecular weight is 375 g/mol. The molecule has 0 N–H and O–H groups in total. The molecule has 0 aliphatic heterocycles. The highest BCUT2D eigenvalue weighted by molar-refractivity contribution is 5.81. The fourth-order valence-corrected chi connectivity index (χ4v) is 2.87. The van der Waals surface area contributed by atoms with Crippen molar-refractivity contribution in [1.29, 1.82) is 0 Å². The Hall–Kier alpha value is -3.15. The lowest BCUT2D eigenvalue weighted by molar-refractivity contribution is 0.368. The molecule has 1 aromatic heterocycles. The zero-order valence-corrected chi connectivity index (χ0v) is 14.1. The van der Waals surface area contributed by atoms with Crippen LogP contribution in [0.1, 0.15) is 22.4 Å². The highest BCUT2D eigenvalue weighted by Gasteiger charge is 2.26. The van der Waals surface area contributed by atoms with E-state index in [0.29, 0.717) is 11.3 Å². The van der Waals surface area contributed by atoms with Crippen LogP contribution in [0.2, 0.25) is 0 Å². The molecule has 0 aliphatic rings. The fraction of sp³-hybridized carbons (Fsp3) is 0.0476. The molecule has 1 nitrogen and oxygen atoms in total. The van der Waals surface area contributed by atoms with Crippen molar-refractivity contribution in [3.8, 4) is 0 Å². The number of aromatic nitrogens is 1. The van der Waals surface area contributed by atoms with Gasteiger partial charge in [-0.15, -0.1) is 0 Å². The zero-order chi connectivity index (χ0) is 19.7. The third kappa shape index (κ3) is 3.18. The summed E-state index contributed by atoms with van der Waals surface area (Å²) in [5.74, 6) is -9.79. The monoisotopic (exact) mass is 375 g/mol. The molecule has 0 unspecified atom stereocenters. The van der Waals surface area contributed by atoms with E-state index in [4.69, 9.17) is 0 Å². The molecule has 6 heteroatoms. The minimum Gasteiger partial charge on any atom is -0.343 e. The number of halogens is 5. The van der Waals surface area contributed by atoms with E-state index in [1.54, 1.807) is 30.3 Å². The molecule has 0 radical (unpaired) electrons. The third-order valence-corrected chi connectivity index (χ3v) is 4.27. The van der Waals surface area contributed by atoms with Crippen molar-refractivity contribution >= 4 is 11.6 Å². The lowest BCUT2D eigenvalue weighted by Gasteiger charge is -2.15. The molecule has 138 valence electrons. The van der Waals surface area contributed by atoms with Crippen LogP contribution in [0.15, 0.2) is 55.8 Å². The van der Waals surface area contributed by atoms with E-state index >= 15 is 0 Å². The molecule has 3 rings (SSSR count). The Morgan fingerprint density at radius 1 is 0.852 bits per heavy atom. The molecule has 27 heavy (non-hydrogen) atoms. The summed E-state index contributed by atoms with van der Waals surface area (Å²) in [5.41, 5.74) is 1.64. The van der Waals surface area contributed by atoms with E-state index in [1.807, 2.05) is 12.1 Å². The predicted molar refractivity (Wildman–Crippen MR) is 94.4 cm³/mol. The van der Waals surface area contributed by atoms with E-state index in [2.05, 4.69) is 13.2 Å². The Bertz CT molecular complexity index is 1020. The minimum atomic E-state index is -2.18.